The molecular weight excluding hydrogens is 326 g/mol. The van der Waals surface area contributed by atoms with Crippen molar-refractivity contribution in [2.45, 2.75) is 39.8 Å². The van der Waals surface area contributed by atoms with E-state index in [0.717, 1.165) is 23.7 Å². The smallest absolute Gasteiger partial charge is 0.260 e. The van der Waals surface area contributed by atoms with Gasteiger partial charge in [0, 0.05) is 18.8 Å². The maximum Gasteiger partial charge on any atom is 0.260 e. The molecule has 2 heterocycles. The lowest BCUT2D eigenvalue weighted by molar-refractivity contribution is 0.0949. The van der Waals surface area contributed by atoms with Gasteiger partial charge in [0.15, 0.2) is 0 Å². The second-order valence-corrected chi connectivity index (χ2v) is 7.34. The summed E-state index contributed by atoms with van der Waals surface area (Å²) in [6.45, 7) is 7.85. The van der Waals surface area contributed by atoms with E-state index in [1.165, 1.54) is 31.5 Å². The van der Waals surface area contributed by atoms with Gasteiger partial charge in [0.1, 0.15) is 5.56 Å². The number of aromatic amines is 1. The number of carbonyl (C=O) groups is 1. The number of aromatic nitrogens is 1. The van der Waals surface area contributed by atoms with Gasteiger partial charge in [0.2, 0.25) is 0 Å². The van der Waals surface area contributed by atoms with E-state index in [-0.39, 0.29) is 17.0 Å². The minimum Gasteiger partial charge on any atom is -0.348 e. The Hall–Kier alpha value is -2.40. The predicted molar refractivity (Wildman–Crippen MR) is 103 cm³/mol. The summed E-state index contributed by atoms with van der Waals surface area (Å²) in [4.78, 5) is 29.1. The summed E-state index contributed by atoms with van der Waals surface area (Å²) in [6, 6.07) is 11.6. The summed E-state index contributed by atoms with van der Waals surface area (Å²) in [5.74, 6) is 0.496. The SMILES string of the molecule is Cc1ccc(C(=O)NCc2ccc(CN3CCC(C)CC3)cc2)c(=O)[nH]1. The number of likely N-dealkylation sites (tertiary alicyclic amines) is 1. The lowest BCUT2D eigenvalue weighted by Crippen LogP contribution is -2.32. The summed E-state index contributed by atoms with van der Waals surface area (Å²) in [7, 11) is 0. The second-order valence-electron chi connectivity index (χ2n) is 7.34. The highest BCUT2D eigenvalue weighted by Crippen LogP contribution is 2.18. The van der Waals surface area contributed by atoms with E-state index in [2.05, 4.69) is 34.3 Å². The topological polar surface area (TPSA) is 65.2 Å². The first-order valence-electron chi connectivity index (χ1n) is 9.29. The normalized spacial score (nSPS) is 15.8. The molecule has 0 saturated carbocycles. The number of benzene rings is 1. The number of hydrogen-bond donors (Lipinski definition) is 2. The highest BCUT2D eigenvalue weighted by Gasteiger charge is 2.15. The van der Waals surface area contributed by atoms with Gasteiger partial charge in [-0.15, -0.1) is 0 Å². The Balaban J connectivity index is 1.52. The molecule has 1 aliphatic heterocycles. The van der Waals surface area contributed by atoms with Crippen molar-refractivity contribution in [2.75, 3.05) is 13.1 Å². The Morgan fingerprint density at radius 2 is 1.77 bits per heavy atom. The number of hydrogen-bond acceptors (Lipinski definition) is 3. The van der Waals surface area contributed by atoms with E-state index >= 15 is 0 Å². The summed E-state index contributed by atoms with van der Waals surface area (Å²) in [5.41, 5.74) is 2.85. The molecule has 5 heteroatoms. The van der Waals surface area contributed by atoms with Crippen molar-refractivity contribution in [3.63, 3.8) is 0 Å². The van der Waals surface area contributed by atoms with Gasteiger partial charge in [-0.05, 0) is 62.0 Å². The van der Waals surface area contributed by atoms with Crippen LogP contribution in [0, 0.1) is 12.8 Å². The highest BCUT2D eigenvalue weighted by atomic mass is 16.2. The number of rotatable bonds is 5. The van der Waals surface area contributed by atoms with Crippen molar-refractivity contribution in [3.05, 3.63) is 69.1 Å². The van der Waals surface area contributed by atoms with E-state index in [1.54, 1.807) is 19.1 Å². The zero-order valence-corrected chi connectivity index (χ0v) is 15.5. The molecule has 0 radical (unpaired) electrons. The Morgan fingerprint density at radius 1 is 1.12 bits per heavy atom. The molecule has 3 rings (SSSR count). The fourth-order valence-corrected chi connectivity index (χ4v) is 3.27. The molecule has 0 atom stereocenters. The summed E-state index contributed by atoms with van der Waals surface area (Å²) in [6.07, 6.45) is 2.56. The molecule has 5 nitrogen and oxygen atoms in total. The number of pyridine rings is 1. The molecule has 26 heavy (non-hydrogen) atoms. The van der Waals surface area contributed by atoms with E-state index < -0.39 is 0 Å². The van der Waals surface area contributed by atoms with E-state index in [1.807, 2.05) is 12.1 Å². The maximum absolute atomic E-state index is 12.2. The number of aryl methyl sites for hydroxylation is 1. The fourth-order valence-electron chi connectivity index (χ4n) is 3.27. The van der Waals surface area contributed by atoms with E-state index in [4.69, 9.17) is 0 Å². The van der Waals surface area contributed by atoms with Crippen LogP contribution in [0.25, 0.3) is 0 Å². The van der Waals surface area contributed by atoms with Gasteiger partial charge in [-0.2, -0.15) is 0 Å². The Labute approximate surface area is 154 Å². The third kappa shape index (κ3) is 4.82. The number of carbonyl (C=O) groups excluding carboxylic acids is 1. The average Bonchev–Trinajstić information content (AvgIpc) is 2.63. The lowest BCUT2D eigenvalue weighted by atomic mass is 9.99. The Kier molecular flexibility index (Phi) is 5.89. The molecule has 0 unspecified atom stereocenters. The van der Waals surface area contributed by atoms with Crippen LogP contribution in [0.3, 0.4) is 0 Å². The zero-order valence-electron chi connectivity index (χ0n) is 15.5. The number of amides is 1. The third-order valence-corrected chi connectivity index (χ3v) is 5.06. The first-order valence-corrected chi connectivity index (χ1v) is 9.29. The second kappa shape index (κ2) is 8.32. The molecule has 0 aliphatic carbocycles. The van der Waals surface area contributed by atoms with Crippen LogP contribution in [0.1, 0.15) is 46.9 Å². The monoisotopic (exact) mass is 353 g/mol. The minimum absolute atomic E-state index is 0.145. The quantitative estimate of drug-likeness (QED) is 0.869. The van der Waals surface area contributed by atoms with E-state index in [0.29, 0.717) is 6.54 Å². The molecule has 1 aromatic carbocycles. The molecule has 1 aliphatic rings. The van der Waals surface area contributed by atoms with Gasteiger partial charge in [-0.25, -0.2) is 0 Å². The van der Waals surface area contributed by atoms with Crippen LogP contribution in [0.2, 0.25) is 0 Å². The highest BCUT2D eigenvalue weighted by molar-refractivity contribution is 5.93. The first kappa shape index (κ1) is 18.4. The Morgan fingerprint density at radius 3 is 2.42 bits per heavy atom. The van der Waals surface area contributed by atoms with Crippen LogP contribution in [0.15, 0.2) is 41.2 Å². The molecule has 1 aromatic heterocycles. The van der Waals surface area contributed by atoms with Crippen molar-refractivity contribution in [1.29, 1.82) is 0 Å². The van der Waals surface area contributed by atoms with Crippen molar-refractivity contribution < 1.29 is 4.79 Å². The van der Waals surface area contributed by atoms with Crippen LogP contribution >= 0.6 is 0 Å². The lowest BCUT2D eigenvalue weighted by Gasteiger charge is -2.30. The average molecular weight is 353 g/mol. The summed E-state index contributed by atoms with van der Waals surface area (Å²) >= 11 is 0. The fraction of sp³-hybridized carbons (Fsp3) is 0.429. The number of piperidine rings is 1. The molecule has 0 spiro atoms. The van der Waals surface area contributed by atoms with Crippen LogP contribution < -0.4 is 10.9 Å². The molecule has 0 bridgehead atoms. The van der Waals surface area contributed by atoms with Crippen LogP contribution in [0.4, 0.5) is 0 Å². The summed E-state index contributed by atoms with van der Waals surface area (Å²) < 4.78 is 0. The molecule has 1 amide bonds. The molecule has 1 saturated heterocycles. The van der Waals surface area contributed by atoms with Gasteiger partial charge >= 0.3 is 0 Å². The van der Waals surface area contributed by atoms with Crippen molar-refractivity contribution in [3.8, 4) is 0 Å². The molecule has 2 aromatic rings. The maximum atomic E-state index is 12.2. The van der Waals surface area contributed by atoms with E-state index in [9.17, 15) is 9.59 Å². The Bertz CT molecular complexity index is 803. The van der Waals surface area contributed by atoms with Gasteiger partial charge in [-0.1, -0.05) is 31.2 Å². The predicted octanol–water partition coefficient (Wildman–Crippen LogP) is 2.85. The number of nitrogens with zero attached hydrogens (tertiary/aromatic N) is 1. The van der Waals surface area contributed by atoms with Crippen LogP contribution in [-0.4, -0.2) is 28.9 Å². The summed E-state index contributed by atoms with van der Waals surface area (Å²) in [5, 5.41) is 2.81. The number of H-pyrrole nitrogens is 1. The van der Waals surface area contributed by atoms with Crippen molar-refractivity contribution in [1.82, 2.24) is 15.2 Å². The zero-order chi connectivity index (χ0) is 18.5. The number of nitrogens with one attached hydrogen (secondary N) is 2. The third-order valence-electron chi connectivity index (χ3n) is 5.06. The molecular formula is C21H27N3O2. The standard InChI is InChI=1S/C21H27N3O2/c1-15-9-11-24(12-10-15)14-18-6-4-17(5-7-18)13-22-20(25)19-8-3-16(2)23-21(19)26/h3-8,15H,9-14H2,1-2H3,(H,22,25)(H,23,26). The largest absolute Gasteiger partial charge is 0.348 e. The van der Waals surface area contributed by atoms with Crippen molar-refractivity contribution in [2.24, 2.45) is 5.92 Å². The van der Waals surface area contributed by atoms with Crippen LogP contribution in [0.5, 0.6) is 0 Å². The molecule has 138 valence electrons. The minimum atomic E-state index is -0.353. The van der Waals surface area contributed by atoms with Gasteiger partial charge in [0.25, 0.3) is 11.5 Å². The van der Waals surface area contributed by atoms with Crippen LogP contribution in [-0.2, 0) is 13.1 Å². The molecule has 1 fully saturated rings. The van der Waals surface area contributed by atoms with Gasteiger partial charge in [-0.3, -0.25) is 14.5 Å². The van der Waals surface area contributed by atoms with Gasteiger partial charge in [0.05, 0.1) is 0 Å². The van der Waals surface area contributed by atoms with Crippen molar-refractivity contribution >= 4 is 5.91 Å². The van der Waals surface area contributed by atoms with Gasteiger partial charge < -0.3 is 10.3 Å². The molecule has 2 N–H and O–H groups in total. The first-order chi connectivity index (χ1) is 12.5.